The van der Waals surface area contributed by atoms with Gasteiger partial charge < -0.3 is 0 Å². The third-order valence-electron chi connectivity index (χ3n) is 5.95. The van der Waals surface area contributed by atoms with Crippen LogP contribution in [0.4, 0.5) is 15.8 Å². The molecule has 2 amide bonds. The van der Waals surface area contributed by atoms with Gasteiger partial charge in [0, 0.05) is 4.47 Å². The third-order valence-corrected chi connectivity index (χ3v) is 7.05. The average Bonchev–Trinajstić information content (AvgIpc) is 2.89. The summed E-state index contributed by atoms with van der Waals surface area (Å²) in [6.07, 6.45) is 2.11. The van der Waals surface area contributed by atoms with Crippen molar-refractivity contribution in [2.75, 3.05) is 9.80 Å². The van der Waals surface area contributed by atoms with Crippen molar-refractivity contribution in [1.29, 1.82) is 0 Å². The Balaban J connectivity index is 1.54. The molecule has 0 radical (unpaired) electrons. The second kappa shape index (κ2) is 10.6. The van der Waals surface area contributed by atoms with Crippen molar-refractivity contribution in [1.82, 2.24) is 0 Å². The number of halogens is 2. The fourth-order valence-corrected chi connectivity index (χ4v) is 5.08. The van der Waals surface area contributed by atoms with E-state index in [4.69, 9.17) is 12.2 Å². The molecule has 0 spiro atoms. The van der Waals surface area contributed by atoms with Crippen molar-refractivity contribution in [2.24, 2.45) is 0 Å². The molecule has 0 unspecified atom stereocenters. The minimum atomic E-state index is -0.492. The molecule has 5 rings (SSSR count). The predicted octanol–water partition coefficient (Wildman–Crippen LogP) is 6.93. The molecule has 1 heterocycles. The summed E-state index contributed by atoms with van der Waals surface area (Å²) in [6, 6.07) is 30.1. The second-order valence-electron chi connectivity index (χ2n) is 8.45. The van der Waals surface area contributed by atoms with Gasteiger partial charge in [0.15, 0.2) is 5.11 Å². The lowest BCUT2D eigenvalue weighted by Crippen LogP contribution is -2.56. The summed E-state index contributed by atoms with van der Waals surface area (Å²) in [5.74, 6) is -1.27. The predicted molar refractivity (Wildman–Crippen MR) is 152 cm³/mol. The van der Waals surface area contributed by atoms with Gasteiger partial charge in [0.1, 0.15) is 11.4 Å². The molecule has 0 bridgehead atoms. The lowest BCUT2D eigenvalue weighted by atomic mass is 10.0. The van der Waals surface area contributed by atoms with E-state index in [-0.39, 0.29) is 16.5 Å². The summed E-state index contributed by atoms with van der Waals surface area (Å²) >= 11 is 9.23. The van der Waals surface area contributed by atoms with Crippen LogP contribution < -0.4 is 9.80 Å². The lowest BCUT2D eigenvalue weighted by Gasteiger charge is -2.36. The average molecular weight is 571 g/mol. The van der Waals surface area contributed by atoms with E-state index in [0.29, 0.717) is 23.4 Å². The molecule has 0 aromatic heterocycles. The van der Waals surface area contributed by atoms with E-state index in [2.05, 4.69) is 15.9 Å². The molecule has 0 aliphatic carbocycles. The molecule has 1 saturated heterocycles. The zero-order chi connectivity index (χ0) is 25.9. The largest absolute Gasteiger partial charge is 0.270 e. The highest BCUT2D eigenvalue weighted by atomic mass is 79.9. The fraction of sp³-hybridized carbons (Fsp3) is 0.0333. The van der Waals surface area contributed by atoms with Crippen LogP contribution in [0.3, 0.4) is 0 Å². The number of benzene rings is 4. The van der Waals surface area contributed by atoms with Gasteiger partial charge in [-0.15, -0.1) is 0 Å². The first-order valence-corrected chi connectivity index (χ1v) is 12.7. The molecular formula is C30H20BrFN2O2S. The Morgan fingerprint density at radius 2 is 1.35 bits per heavy atom. The van der Waals surface area contributed by atoms with Crippen molar-refractivity contribution >= 4 is 62.5 Å². The molecule has 0 saturated carbocycles. The molecule has 4 aromatic carbocycles. The molecule has 1 fully saturated rings. The van der Waals surface area contributed by atoms with Crippen molar-refractivity contribution < 1.29 is 14.0 Å². The van der Waals surface area contributed by atoms with Crippen molar-refractivity contribution in [3.05, 3.63) is 136 Å². The van der Waals surface area contributed by atoms with Crippen LogP contribution >= 0.6 is 28.1 Å². The fourth-order valence-electron chi connectivity index (χ4n) is 4.17. The van der Waals surface area contributed by atoms with Gasteiger partial charge in [-0.05, 0) is 83.9 Å². The number of para-hydroxylation sites is 2. The maximum absolute atomic E-state index is 13.6. The highest BCUT2D eigenvalue weighted by molar-refractivity contribution is 9.10. The molecule has 4 nitrogen and oxygen atoms in total. The molecule has 4 aromatic rings. The third kappa shape index (κ3) is 5.14. The van der Waals surface area contributed by atoms with Gasteiger partial charge in [0.2, 0.25) is 0 Å². The Kier molecular flexibility index (Phi) is 7.08. The molecular weight excluding hydrogens is 551 g/mol. The first-order valence-electron chi connectivity index (χ1n) is 11.5. The Morgan fingerprint density at radius 1 is 0.757 bits per heavy atom. The highest BCUT2D eigenvalue weighted by Gasteiger charge is 2.41. The Hall–Kier alpha value is -3.94. The summed E-state index contributed by atoms with van der Waals surface area (Å²) in [5.41, 5.74) is 3.60. The second-order valence-corrected chi connectivity index (χ2v) is 9.67. The van der Waals surface area contributed by atoms with Gasteiger partial charge in [-0.25, -0.2) is 4.39 Å². The van der Waals surface area contributed by atoms with Crippen LogP contribution in [0.25, 0.3) is 6.08 Å². The number of amides is 2. The van der Waals surface area contributed by atoms with E-state index >= 15 is 0 Å². The number of carbonyl (C=O) groups is 2. The summed E-state index contributed by atoms with van der Waals surface area (Å²) in [6.45, 7) is 0. The molecule has 7 heteroatoms. The van der Waals surface area contributed by atoms with E-state index in [0.717, 1.165) is 15.6 Å². The maximum atomic E-state index is 13.6. The first kappa shape index (κ1) is 24.7. The van der Waals surface area contributed by atoms with Crippen molar-refractivity contribution in [2.45, 2.75) is 6.42 Å². The van der Waals surface area contributed by atoms with E-state index in [9.17, 15) is 14.0 Å². The maximum Gasteiger partial charge on any atom is 0.270 e. The molecule has 1 aliphatic rings. The highest BCUT2D eigenvalue weighted by Crippen LogP contribution is 2.30. The van der Waals surface area contributed by atoms with Gasteiger partial charge in [0.05, 0.1) is 11.4 Å². The molecule has 1 aliphatic heterocycles. The number of hydrogen-bond donors (Lipinski definition) is 0. The van der Waals surface area contributed by atoms with E-state index < -0.39 is 11.8 Å². The van der Waals surface area contributed by atoms with Crippen LogP contribution in [0.2, 0.25) is 0 Å². The van der Waals surface area contributed by atoms with Crippen molar-refractivity contribution in [3.8, 4) is 0 Å². The van der Waals surface area contributed by atoms with Crippen LogP contribution in [0.5, 0.6) is 0 Å². The SMILES string of the molecule is O=C1C(=Cc2ccc(Cc3cccc(F)c3)c(Br)c2)C(=O)N(c2ccccc2)C(=S)N1c1ccccc1. The monoisotopic (exact) mass is 570 g/mol. The minimum Gasteiger partial charge on any atom is -0.268 e. The summed E-state index contributed by atoms with van der Waals surface area (Å²) < 4.78 is 14.4. The van der Waals surface area contributed by atoms with Crippen LogP contribution in [-0.4, -0.2) is 16.9 Å². The van der Waals surface area contributed by atoms with E-state index in [1.54, 1.807) is 36.4 Å². The Bertz CT molecular complexity index is 1480. The number of rotatable bonds is 5. The number of hydrogen-bond acceptors (Lipinski definition) is 3. The standard InChI is InChI=1S/C30H20BrFN2O2S/c31-27-19-21(14-15-22(27)16-20-8-7-9-23(32)17-20)18-26-28(35)33(24-10-3-1-4-11-24)30(37)34(29(26)36)25-12-5-2-6-13-25/h1-15,17-19H,16H2. The zero-order valence-corrected chi connectivity index (χ0v) is 21.9. The summed E-state index contributed by atoms with van der Waals surface area (Å²) in [5, 5.41) is 0.0937. The number of thiocarbonyl (C=S) groups is 1. The van der Waals surface area contributed by atoms with Gasteiger partial charge in [-0.2, -0.15) is 0 Å². The Labute approximate surface area is 227 Å². The van der Waals surface area contributed by atoms with Gasteiger partial charge in [-0.1, -0.05) is 76.6 Å². The quantitative estimate of drug-likeness (QED) is 0.148. The Morgan fingerprint density at radius 3 is 1.89 bits per heavy atom. The first-order chi connectivity index (χ1) is 17.9. The normalized spacial score (nSPS) is 13.8. The number of anilines is 2. The molecule has 37 heavy (non-hydrogen) atoms. The van der Waals surface area contributed by atoms with Gasteiger partial charge in [-0.3, -0.25) is 19.4 Å². The topological polar surface area (TPSA) is 40.6 Å². The van der Waals surface area contributed by atoms with Crippen LogP contribution in [0, 0.1) is 5.82 Å². The minimum absolute atomic E-state index is 0.00825. The van der Waals surface area contributed by atoms with E-state index in [1.807, 2.05) is 60.7 Å². The van der Waals surface area contributed by atoms with Gasteiger partial charge in [0.25, 0.3) is 11.8 Å². The van der Waals surface area contributed by atoms with Gasteiger partial charge >= 0.3 is 0 Å². The lowest BCUT2D eigenvalue weighted by molar-refractivity contribution is -0.120. The number of nitrogens with zero attached hydrogens (tertiary/aromatic N) is 2. The van der Waals surface area contributed by atoms with Crippen molar-refractivity contribution in [3.63, 3.8) is 0 Å². The summed E-state index contributed by atoms with van der Waals surface area (Å²) in [4.78, 5) is 30.0. The number of carbonyl (C=O) groups excluding carboxylic acids is 2. The smallest absolute Gasteiger partial charge is 0.268 e. The summed E-state index contributed by atoms with van der Waals surface area (Å²) in [7, 11) is 0. The van der Waals surface area contributed by atoms with Crippen LogP contribution in [-0.2, 0) is 16.0 Å². The molecule has 182 valence electrons. The van der Waals surface area contributed by atoms with Crippen LogP contribution in [0.15, 0.2) is 113 Å². The molecule has 0 N–H and O–H groups in total. The molecule has 0 atom stereocenters. The van der Waals surface area contributed by atoms with Crippen LogP contribution in [0.1, 0.15) is 16.7 Å². The zero-order valence-electron chi connectivity index (χ0n) is 19.5. The van der Waals surface area contributed by atoms with E-state index in [1.165, 1.54) is 21.9 Å².